The van der Waals surface area contributed by atoms with E-state index in [0.29, 0.717) is 11.0 Å². The van der Waals surface area contributed by atoms with E-state index in [9.17, 15) is 0 Å². The van der Waals surface area contributed by atoms with Crippen molar-refractivity contribution in [1.29, 1.82) is 0 Å². The Morgan fingerprint density at radius 1 is 1.77 bits per heavy atom. The molecule has 1 aromatic rings. The third-order valence-electron chi connectivity index (χ3n) is 1.71. The second-order valence-electron chi connectivity index (χ2n) is 3.03. The molecular formula is C9H14N2OS. The summed E-state index contributed by atoms with van der Waals surface area (Å²) < 4.78 is 5.16. The van der Waals surface area contributed by atoms with Crippen LogP contribution in [0.15, 0.2) is 22.8 Å². The van der Waals surface area contributed by atoms with Crippen LogP contribution in [0.2, 0.25) is 0 Å². The van der Waals surface area contributed by atoms with Crippen LogP contribution < -0.4 is 11.1 Å². The first kappa shape index (κ1) is 10.2. The van der Waals surface area contributed by atoms with E-state index in [4.69, 9.17) is 22.4 Å². The molecule has 0 aromatic carbocycles. The predicted molar refractivity (Wildman–Crippen MR) is 56.4 cm³/mol. The molecule has 1 heterocycles. The molecule has 0 aliphatic carbocycles. The average molecular weight is 198 g/mol. The molecule has 13 heavy (non-hydrogen) atoms. The Hall–Kier alpha value is -0.870. The Bertz CT molecular complexity index is 259. The lowest BCUT2D eigenvalue weighted by molar-refractivity contribution is 0.459. The normalized spacial score (nSPS) is 12.7. The molecule has 1 atom stereocenters. The Morgan fingerprint density at radius 3 is 3.08 bits per heavy atom. The van der Waals surface area contributed by atoms with Gasteiger partial charge in [0.25, 0.3) is 0 Å². The standard InChI is InChI=1S/C9H14N2OS/c1-7(5-9(10)13)11-6-8-3-2-4-12-8/h2-4,7,11H,5-6H2,1H3,(H2,10,13). The van der Waals surface area contributed by atoms with Crippen LogP contribution in [0, 0.1) is 0 Å². The van der Waals surface area contributed by atoms with Crippen molar-refractivity contribution in [3.8, 4) is 0 Å². The topological polar surface area (TPSA) is 51.2 Å². The summed E-state index contributed by atoms with van der Waals surface area (Å²) in [5, 5.41) is 3.26. The molecule has 0 aliphatic heterocycles. The van der Waals surface area contributed by atoms with Gasteiger partial charge >= 0.3 is 0 Å². The summed E-state index contributed by atoms with van der Waals surface area (Å²) in [7, 11) is 0. The van der Waals surface area contributed by atoms with Crippen LogP contribution in [0.5, 0.6) is 0 Å². The van der Waals surface area contributed by atoms with Gasteiger partial charge in [0.2, 0.25) is 0 Å². The molecule has 1 unspecified atom stereocenters. The Balaban J connectivity index is 2.22. The fraction of sp³-hybridized carbons (Fsp3) is 0.444. The van der Waals surface area contributed by atoms with Crippen molar-refractivity contribution in [3.63, 3.8) is 0 Å². The van der Waals surface area contributed by atoms with Crippen molar-refractivity contribution in [2.24, 2.45) is 5.73 Å². The summed E-state index contributed by atoms with van der Waals surface area (Å²) in [6.45, 7) is 2.76. The van der Waals surface area contributed by atoms with E-state index in [1.54, 1.807) is 6.26 Å². The summed E-state index contributed by atoms with van der Waals surface area (Å²) >= 11 is 4.80. The van der Waals surface area contributed by atoms with Gasteiger partial charge < -0.3 is 15.5 Å². The largest absolute Gasteiger partial charge is 0.468 e. The van der Waals surface area contributed by atoms with E-state index >= 15 is 0 Å². The van der Waals surface area contributed by atoms with Crippen LogP contribution in [0.3, 0.4) is 0 Å². The highest BCUT2D eigenvalue weighted by atomic mass is 32.1. The maximum Gasteiger partial charge on any atom is 0.117 e. The minimum absolute atomic E-state index is 0.294. The summed E-state index contributed by atoms with van der Waals surface area (Å²) in [4.78, 5) is 0.541. The van der Waals surface area contributed by atoms with E-state index in [-0.39, 0.29) is 0 Å². The second-order valence-corrected chi connectivity index (χ2v) is 3.56. The lowest BCUT2D eigenvalue weighted by Gasteiger charge is -2.10. The molecule has 3 nitrogen and oxygen atoms in total. The van der Waals surface area contributed by atoms with Crippen LogP contribution in [0.25, 0.3) is 0 Å². The summed E-state index contributed by atoms with van der Waals surface area (Å²) in [5.41, 5.74) is 5.41. The van der Waals surface area contributed by atoms with Crippen LogP contribution >= 0.6 is 12.2 Å². The summed E-state index contributed by atoms with van der Waals surface area (Å²) in [6.07, 6.45) is 2.38. The van der Waals surface area contributed by atoms with Gasteiger partial charge in [0, 0.05) is 12.5 Å². The molecule has 0 saturated heterocycles. The van der Waals surface area contributed by atoms with E-state index in [0.717, 1.165) is 18.7 Å². The van der Waals surface area contributed by atoms with Crippen LogP contribution in [-0.2, 0) is 6.54 Å². The van der Waals surface area contributed by atoms with Crippen molar-refractivity contribution in [1.82, 2.24) is 5.32 Å². The molecule has 72 valence electrons. The zero-order valence-corrected chi connectivity index (χ0v) is 8.43. The summed E-state index contributed by atoms with van der Waals surface area (Å²) in [6, 6.07) is 4.10. The first-order chi connectivity index (χ1) is 6.18. The fourth-order valence-corrected chi connectivity index (χ4v) is 1.31. The first-order valence-corrected chi connectivity index (χ1v) is 4.63. The van der Waals surface area contributed by atoms with Crippen LogP contribution in [-0.4, -0.2) is 11.0 Å². The molecule has 0 fully saturated rings. The van der Waals surface area contributed by atoms with E-state index in [1.807, 2.05) is 19.1 Å². The minimum atomic E-state index is 0.294. The van der Waals surface area contributed by atoms with E-state index in [1.165, 1.54) is 0 Å². The van der Waals surface area contributed by atoms with E-state index < -0.39 is 0 Å². The minimum Gasteiger partial charge on any atom is -0.468 e. The highest BCUT2D eigenvalue weighted by Crippen LogP contribution is 2.00. The van der Waals surface area contributed by atoms with E-state index in [2.05, 4.69) is 5.32 Å². The Morgan fingerprint density at radius 2 is 2.54 bits per heavy atom. The van der Waals surface area contributed by atoms with Gasteiger partial charge in [-0.2, -0.15) is 0 Å². The zero-order chi connectivity index (χ0) is 9.68. The highest BCUT2D eigenvalue weighted by Gasteiger charge is 2.03. The fourth-order valence-electron chi connectivity index (χ4n) is 1.06. The number of hydrogen-bond acceptors (Lipinski definition) is 3. The van der Waals surface area contributed by atoms with Gasteiger partial charge in [-0.1, -0.05) is 12.2 Å². The lowest BCUT2D eigenvalue weighted by atomic mass is 10.2. The number of rotatable bonds is 5. The highest BCUT2D eigenvalue weighted by molar-refractivity contribution is 7.80. The first-order valence-electron chi connectivity index (χ1n) is 4.22. The zero-order valence-electron chi connectivity index (χ0n) is 7.62. The van der Waals surface area contributed by atoms with Crippen molar-refractivity contribution >= 4 is 17.2 Å². The average Bonchev–Trinajstić information content (AvgIpc) is 2.51. The SMILES string of the molecule is CC(CC(N)=S)NCc1ccco1. The van der Waals surface area contributed by atoms with Gasteiger partial charge in [-0.25, -0.2) is 0 Å². The number of thiocarbonyl (C=S) groups is 1. The third kappa shape index (κ3) is 4.05. The van der Waals surface area contributed by atoms with Crippen molar-refractivity contribution in [2.45, 2.75) is 25.9 Å². The molecule has 0 saturated carbocycles. The maximum absolute atomic E-state index is 5.41. The van der Waals surface area contributed by atoms with Crippen molar-refractivity contribution in [2.75, 3.05) is 0 Å². The number of nitrogens with two attached hydrogens (primary N) is 1. The molecule has 0 bridgehead atoms. The molecule has 0 amide bonds. The lowest BCUT2D eigenvalue weighted by Crippen LogP contribution is -2.29. The van der Waals surface area contributed by atoms with Gasteiger partial charge in [0.1, 0.15) is 5.76 Å². The second kappa shape index (κ2) is 4.99. The maximum atomic E-state index is 5.41. The monoisotopic (exact) mass is 198 g/mol. The number of furan rings is 1. The molecule has 1 rings (SSSR count). The number of nitrogens with one attached hydrogen (secondary N) is 1. The van der Waals surface area contributed by atoms with Crippen LogP contribution in [0.1, 0.15) is 19.1 Å². The van der Waals surface area contributed by atoms with Gasteiger partial charge in [0.15, 0.2) is 0 Å². The van der Waals surface area contributed by atoms with Gasteiger partial charge in [-0.3, -0.25) is 0 Å². The molecule has 0 radical (unpaired) electrons. The van der Waals surface area contributed by atoms with Gasteiger partial charge in [-0.05, 0) is 19.1 Å². The Labute approximate surface area is 83.3 Å². The van der Waals surface area contributed by atoms with Gasteiger partial charge in [-0.15, -0.1) is 0 Å². The molecule has 3 N–H and O–H groups in total. The van der Waals surface area contributed by atoms with Crippen LogP contribution in [0.4, 0.5) is 0 Å². The molecule has 0 spiro atoms. The van der Waals surface area contributed by atoms with Crippen molar-refractivity contribution in [3.05, 3.63) is 24.2 Å². The molecular weight excluding hydrogens is 184 g/mol. The quantitative estimate of drug-likeness (QED) is 0.703. The Kier molecular flexibility index (Phi) is 3.92. The smallest absolute Gasteiger partial charge is 0.117 e. The molecule has 4 heteroatoms. The third-order valence-corrected chi connectivity index (χ3v) is 1.88. The summed E-state index contributed by atoms with van der Waals surface area (Å²) in [5.74, 6) is 0.926. The predicted octanol–water partition coefficient (Wildman–Crippen LogP) is 1.43. The molecule has 1 aromatic heterocycles. The molecule has 0 aliphatic rings. The number of hydrogen-bond donors (Lipinski definition) is 2. The van der Waals surface area contributed by atoms with Gasteiger partial charge in [0.05, 0.1) is 17.8 Å². The van der Waals surface area contributed by atoms with Crippen molar-refractivity contribution < 1.29 is 4.42 Å².